The van der Waals surface area contributed by atoms with E-state index >= 15 is 0 Å². The van der Waals surface area contributed by atoms with E-state index in [9.17, 15) is 0 Å². The molecule has 2 heteroatoms. The van der Waals surface area contributed by atoms with E-state index in [1.54, 1.807) is 11.1 Å². The lowest BCUT2D eigenvalue weighted by Gasteiger charge is -2.11. The van der Waals surface area contributed by atoms with Crippen LogP contribution in [-0.4, -0.2) is 4.58 Å². The monoisotopic (exact) mass is 266 g/mol. The smallest absolute Gasteiger partial charge is 0.0509 e. The summed E-state index contributed by atoms with van der Waals surface area (Å²) in [5.74, 6) is 2.41. The minimum absolute atomic E-state index is 0.808. The summed E-state index contributed by atoms with van der Waals surface area (Å²) in [5, 5.41) is 0. The van der Waals surface area contributed by atoms with Crippen molar-refractivity contribution in [3.8, 4) is 0 Å². The number of aryl methyl sites for hydroxylation is 2. The van der Waals surface area contributed by atoms with E-state index in [2.05, 4.69) is 56.4 Å². The van der Waals surface area contributed by atoms with Gasteiger partial charge in [-0.1, -0.05) is 31.9 Å². The fourth-order valence-corrected chi connectivity index (χ4v) is 4.88. The number of thioether (sulfide) groups is 2. The predicted molar refractivity (Wildman–Crippen MR) is 81.8 cm³/mol. The summed E-state index contributed by atoms with van der Waals surface area (Å²) in [6, 6.07) is 4.81. The second kappa shape index (κ2) is 6.19. The van der Waals surface area contributed by atoms with Crippen LogP contribution in [-0.2, 0) is 11.5 Å². The van der Waals surface area contributed by atoms with E-state index in [4.69, 9.17) is 0 Å². The standard InChI is InChI=1S/C15H22S2/c1-4-5-6-15-16-9-13-7-11(2)12(3)8-14(13)10-17-15/h7-8,15H,4-6,9-10H2,1-3H3. The summed E-state index contributed by atoms with van der Waals surface area (Å²) < 4.78 is 0.808. The largest absolute Gasteiger partial charge is 0.143 e. The van der Waals surface area contributed by atoms with Gasteiger partial charge in [0, 0.05) is 11.5 Å². The molecule has 0 bridgehead atoms. The maximum absolute atomic E-state index is 2.40. The van der Waals surface area contributed by atoms with Crippen molar-refractivity contribution in [3.63, 3.8) is 0 Å². The summed E-state index contributed by atoms with van der Waals surface area (Å²) in [6.07, 6.45) is 4.07. The summed E-state index contributed by atoms with van der Waals surface area (Å²) >= 11 is 4.29. The Kier molecular flexibility index (Phi) is 4.87. The predicted octanol–water partition coefficient (Wildman–Crippen LogP) is 5.30. The Bertz CT molecular complexity index is 352. The van der Waals surface area contributed by atoms with Gasteiger partial charge in [-0.15, -0.1) is 23.5 Å². The zero-order chi connectivity index (χ0) is 12.3. The molecule has 1 aliphatic rings. The van der Waals surface area contributed by atoms with Crippen LogP contribution in [0.3, 0.4) is 0 Å². The quantitative estimate of drug-likeness (QED) is 0.728. The average Bonchev–Trinajstić information content (AvgIpc) is 2.50. The number of rotatable bonds is 3. The molecule has 0 atom stereocenters. The lowest BCUT2D eigenvalue weighted by Crippen LogP contribution is -1.95. The highest BCUT2D eigenvalue weighted by atomic mass is 32.2. The van der Waals surface area contributed by atoms with E-state index in [0.717, 1.165) is 4.58 Å². The first-order valence-corrected chi connectivity index (χ1v) is 8.62. The number of benzene rings is 1. The molecule has 0 N–H and O–H groups in total. The van der Waals surface area contributed by atoms with Crippen LogP contribution < -0.4 is 0 Å². The van der Waals surface area contributed by atoms with Crippen LogP contribution in [0.4, 0.5) is 0 Å². The molecular weight excluding hydrogens is 244 g/mol. The van der Waals surface area contributed by atoms with Crippen molar-refractivity contribution < 1.29 is 0 Å². The molecule has 17 heavy (non-hydrogen) atoms. The SMILES string of the molecule is CCCCC1SCc2cc(C)c(C)cc2CS1. The molecule has 1 aliphatic heterocycles. The Hall–Kier alpha value is -0.0800. The van der Waals surface area contributed by atoms with Gasteiger partial charge in [-0.25, -0.2) is 0 Å². The normalized spacial score (nSPS) is 16.6. The molecule has 0 spiro atoms. The van der Waals surface area contributed by atoms with Gasteiger partial charge in [0.25, 0.3) is 0 Å². The van der Waals surface area contributed by atoms with Crippen LogP contribution in [0.5, 0.6) is 0 Å². The highest BCUT2D eigenvalue weighted by molar-refractivity contribution is 8.16. The lowest BCUT2D eigenvalue weighted by molar-refractivity contribution is 0.763. The van der Waals surface area contributed by atoms with Crippen LogP contribution in [0, 0.1) is 13.8 Å². The Balaban J connectivity index is 2.07. The van der Waals surface area contributed by atoms with E-state index in [1.165, 1.54) is 41.9 Å². The van der Waals surface area contributed by atoms with Crippen LogP contribution >= 0.6 is 23.5 Å². The Morgan fingerprint density at radius 2 is 1.59 bits per heavy atom. The first kappa shape index (κ1) is 13.4. The second-order valence-electron chi connectivity index (χ2n) is 4.90. The highest BCUT2D eigenvalue weighted by Gasteiger charge is 2.17. The molecule has 1 heterocycles. The molecule has 2 rings (SSSR count). The molecule has 0 aliphatic carbocycles. The Morgan fingerprint density at radius 1 is 1.06 bits per heavy atom. The van der Waals surface area contributed by atoms with Gasteiger partial charge in [0.05, 0.1) is 4.58 Å². The molecule has 0 aromatic heterocycles. The zero-order valence-corrected chi connectivity index (χ0v) is 12.7. The van der Waals surface area contributed by atoms with Gasteiger partial charge >= 0.3 is 0 Å². The maximum atomic E-state index is 2.40. The molecule has 0 unspecified atom stereocenters. The number of fused-ring (bicyclic) bond motifs is 1. The van der Waals surface area contributed by atoms with E-state index in [-0.39, 0.29) is 0 Å². The molecular formula is C15H22S2. The van der Waals surface area contributed by atoms with Gasteiger partial charge in [-0.05, 0) is 42.5 Å². The van der Waals surface area contributed by atoms with Gasteiger partial charge in [0.1, 0.15) is 0 Å². The third-order valence-corrected chi connectivity index (χ3v) is 6.45. The first-order valence-electron chi connectivity index (χ1n) is 6.53. The van der Waals surface area contributed by atoms with E-state index in [0.29, 0.717) is 0 Å². The Labute approximate surface area is 114 Å². The van der Waals surface area contributed by atoms with Crippen molar-refractivity contribution >= 4 is 23.5 Å². The van der Waals surface area contributed by atoms with Gasteiger partial charge in [0.2, 0.25) is 0 Å². The molecule has 0 saturated heterocycles. The third-order valence-electron chi connectivity index (χ3n) is 3.46. The topological polar surface area (TPSA) is 0 Å². The lowest BCUT2D eigenvalue weighted by atomic mass is 10.0. The molecule has 0 amide bonds. The van der Waals surface area contributed by atoms with Gasteiger partial charge in [-0.2, -0.15) is 0 Å². The van der Waals surface area contributed by atoms with E-state index in [1.807, 2.05) is 0 Å². The minimum Gasteiger partial charge on any atom is -0.143 e. The van der Waals surface area contributed by atoms with Crippen molar-refractivity contribution in [1.29, 1.82) is 0 Å². The Morgan fingerprint density at radius 3 is 2.06 bits per heavy atom. The van der Waals surface area contributed by atoms with Crippen LogP contribution in [0.1, 0.15) is 48.4 Å². The molecule has 0 saturated carbocycles. The molecule has 1 aromatic rings. The third kappa shape index (κ3) is 3.45. The van der Waals surface area contributed by atoms with Gasteiger partial charge < -0.3 is 0 Å². The van der Waals surface area contributed by atoms with Crippen molar-refractivity contribution in [2.75, 3.05) is 0 Å². The summed E-state index contributed by atoms with van der Waals surface area (Å²) in [6.45, 7) is 6.74. The van der Waals surface area contributed by atoms with Crippen molar-refractivity contribution in [2.24, 2.45) is 0 Å². The molecule has 0 fully saturated rings. The highest BCUT2D eigenvalue weighted by Crippen LogP contribution is 2.38. The van der Waals surface area contributed by atoms with Crippen molar-refractivity contribution in [1.82, 2.24) is 0 Å². The van der Waals surface area contributed by atoms with Gasteiger partial charge in [0.15, 0.2) is 0 Å². The zero-order valence-electron chi connectivity index (χ0n) is 11.1. The molecule has 0 nitrogen and oxygen atoms in total. The average molecular weight is 266 g/mol. The fourth-order valence-electron chi connectivity index (χ4n) is 2.16. The second-order valence-corrected chi connectivity index (χ2v) is 7.58. The fraction of sp³-hybridized carbons (Fsp3) is 0.600. The van der Waals surface area contributed by atoms with Crippen molar-refractivity contribution in [2.45, 2.75) is 56.1 Å². The summed E-state index contributed by atoms with van der Waals surface area (Å²) in [5.41, 5.74) is 6.04. The minimum atomic E-state index is 0.808. The summed E-state index contributed by atoms with van der Waals surface area (Å²) in [4.78, 5) is 0. The number of unbranched alkanes of at least 4 members (excludes halogenated alkanes) is 1. The van der Waals surface area contributed by atoms with Crippen LogP contribution in [0.2, 0.25) is 0 Å². The number of hydrogen-bond acceptors (Lipinski definition) is 2. The van der Waals surface area contributed by atoms with Crippen LogP contribution in [0.25, 0.3) is 0 Å². The molecule has 0 radical (unpaired) electrons. The van der Waals surface area contributed by atoms with Crippen molar-refractivity contribution in [3.05, 3.63) is 34.4 Å². The first-order chi connectivity index (χ1) is 8.20. The maximum Gasteiger partial charge on any atom is 0.0509 e. The number of hydrogen-bond donors (Lipinski definition) is 0. The summed E-state index contributed by atoms with van der Waals surface area (Å²) in [7, 11) is 0. The molecule has 1 aromatic carbocycles. The van der Waals surface area contributed by atoms with Gasteiger partial charge in [-0.3, -0.25) is 0 Å². The van der Waals surface area contributed by atoms with Crippen LogP contribution in [0.15, 0.2) is 12.1 Å². The molecule has 94 valence electrons. The van der Waals surface area contributed by atoms with E-state index < -0.39 is 0 Å².